The number of esters is 1. The Labute approximate surface area is 152 Å². The van der Waals surface area contributed by atoms with Gasteiger partial charge in [-0.1, -0.05) is 51.7 Å². The van der Waals surface area contributed by atoms with Gasteiger partial charge in [0, 0.05) is 0 Å². The van der Waals surface area contributed by atoms with Crippen molar-refractivity contribution in [2.24, 2.45) is 5.41 Å². The zero-order chi connectivity index (χ0) is 18.3. The fourth-order valence-corrected chi connectivity index (χ4v) is 4.16. The molecule has 0 spiro atoms. The van der Waals surface area contributed by atoms with Crippen molar-refractivity contribution in [2.75, 3.05) is 7.11 Å². The van der Waals surface area contributed by atoms with Gasteiger partial charge in [-0.25, -0.2) is 0 Å². The van der Waals surface area contributed by atoms with E-state index < -0.39 is 0 Å². The standard InChI is InChI=1S/C22H34O3/c1-4-6-10-18-14-17(15-19(20(18)23)11-7-5-2)16-22(21(24)25-3)12-8-9-13-22/h14-15,23H,4-13,16H2,1-3H3. The van der Waals surface area contributed by atoms with E-state index in [-0.39, 0.29) is 11.4 Å². The van der Waals surface area contributed by atoms with Crippen LogP contribution in [-0.4, -0.2) is 18.2 Å². The van der Waals surface area contributed by atoms with Crippen molar-refractivity contribution in [3.63, 3.8) is 0 Å². The molecule has 0 radical (unpaired) electrons. The van der Waals surface area contributed by atoms with E-state index in [0.29, 0.717) is 5.75 Å². The minimum atomic E-state index is -0.365. The SMILES string of the molecule is CCCCc1cc(CC2(C(=O)OC)CCCC2)cc(CCCC)c1O. The first-order valence-electron chi connectivity index (χ1n) is 9.98. The highest BCUT2D eigenvalue weighted by Gasteiger charge is 2.42. The third kappa shape index (κ3) is 4.77. The lowest BCUT2D eigenvalue weighted by Gasteiger charge is -2.26. The molecule has 0 unspecified atom stereocenters. The summed E-state index contributed by atoms with van der Waals surface area (Å²) in [5.41, 5.74) is 2.91. The summed E-state index contributed by atoms with van der Waals surface area (Å²) in [7, 11) is 1.50. The number of benzene rings is 1. The minimum absolute atomic E-state index is 0.0664. The van der Waals surface area contributed by atoms with Gasteiger partial charge < -0.3 is 9.84 Å². The molecule has 0 heterocycles. The van der Waals surface area contributed by atoms with E-state index in [1.807, 2.05) is 0 Å². The molecule has 0 bridgehead atoms. The van der Waals surface area contributed by atoms with Crippen LogP contribution in [0.3, 0.4) is 0 Å². The molecule has 25 heavy (non-hydrogen) atoms. The Balaban J connectivity index is 2.32. The summed E-state index contributed by atoms with van der Waals surface area (Å²) in [5.74, 6) is 0.410. The molecule has 140 valence electrons. The van der Waals surface area contributed by atoms with E-state index in [1.165, 1.54) is 12.7 Å². The Kier molecular flexibility index (Phi) is 7.34. The number of phenolic OH excluding ortho intramolecular Hbond substituents is 1. The number of aryl methyl sites for hydroxylation is 2. The van der Waals surface area contributed by atoms with E-state index in [9.17, 15) is 9.90 Å². The summed E-state index contributed by atoms with van der Waals surface area (Å²) in [6, 6.07) is 4.26. The zero-order valence-corrected chi connectivity index (χ0v) is 16.2. The molecule has 1 fully saturated rings. The van der Waals surface area contributed by atoms with Gasteiger partial charge in [0.25, 0.3) is 0 Å². The summed E-state index contributed by atoms with van der Waals surface area (Å²) in [5, 5.41) is 10.7. The third-order valence-electron chi connectivity index (χ3n) is 5.65. The van der Waals surface area contributed by atoms with E-state index >= 15 is 0 Å². The van der Waals surface area contributed by atoms with Gasteiger partial charge in [0.05, 0.1) is 12.5 Å². The van der Waals surface area contributed by atoms with Gasteiger partial charge in [0.15, 0.2) is 0 Å². The topological polar surface area (TPSA) is 46.5 Å². The van der Waals surface area contributed by atoms with Crippen LogP contribution in [0.5, 0.6) is 5.75 Å². The molecule has 0 atom stereocenters. The molecule has 3 nitrogen and oxygen atoms in total. The first-order chi connectivity index (χ1) is 12.1. The van der Waals surface area contributed by atoms with Crippen LogP contribution in [0.15, 0.2) is 12.1 Å². The highest BCUT2D eigenvalue weighted by Crippen LogP contribution is 2.43. The van der Waals surface area contributed by atoms with Gasteiger partial charge in [-0.15, -0.1) is 0 Å². The number of phenols is 1. The predicted molar refractivity (Wildman–Crippen MR) is 102 cm³/mol. The highest BCUT2D eigenvalue weighted by atomic mass is 16.5. The summed E-state index contributed by atoms with van der Waals surface area (Å²) in [6.07, 6.45) is 10.9. The lowest BCUT2D eigenvalue weighted by molar-refractivity contribution is -0.152. The average Bonchev–Trinajstić information content (AvgIpc) is 3.09. The van der Waals surface area contributed by atoms with E-state index in [2.05, 4.69) is 26.0 Å². The Morgan fingerprint density at radius 2 is 1.60 bits per heavy atom. The van der Waals surface area contributed by atoms with Crippen LogP contribution in [0.1, 0.15) is 81.9 Å². The number of methoxy groups -OCH3 is 1. The van der Waals surface area contributed by atoms with Crippen LogP contribution in [-0.2, 0) is 28.8 Å². The van der Waals surface area contributed by atoms with Crippen LogP contribution >= 0.6 is 0 Å². The summed E-state index contributed by atoms with van der Waals surface area (Å²) in [4.78, 5) is 12.4. The third-order valence-corrected chi connectivity index (χ3v) is 5.65. The molecule has 1 aliphatic carbocycles. The van der Waals surface area contributed by atoms with Crippen molar-refractivity contribution in [2.45, 2.75) is 84.5 Å². The maximum Gasteiger partial charge on any atom is 0.312 e. The number of carbonyl (C=O) groups is 1. The molecule has 1 N–H and O–H groups in total. The molecule has 3 heteroatoms. The fourth-order valence-electron chi connectivity index (χ4n) is 4.16. The van der Waals surface area contributed by atoms with Crippen LogP contribution in [0.25, 0.3) is 0 Å². The maximum atomic E-state index is 12.4. The monoisotopic (exact) mass is 346 g/mol. The highest BCUT2D eigenvalue weighted by molar-refractivity contribution is 5.77. The van der Waals surface area contributed by atoms with Crippen LogP contribution in [0.4, 0.5) is 0 Å². The van der Waals surface area contributed by atoms with Crippen molar-refractivity contribution in [1.29, 1.82) is 0 Å². The van der Waals surface area contributed by atoms with Crippen molar-refractivity contribution >= 4 is 5.97 Å². The average molecular weight is 347 g/mol. The van der Waals surface area contributed by atoms with Crippen LogP contribution in [0.2, 0.25) is 0 Å². The molecule has 1 aliphatic rings. The first kappa shape index (κ1) is 19.8. The summed E-state index contributed by atoms with van der Waals surface area (Å²) < 4.78 is 5.14. The minimum Gasteiger partial charge on any atom is -0.507 e. The molecular formula is C22H34O3. The number of unbranched alkanes of at least 4 members (excludes halogenated alkanes) is 2. The second-order valence-corrected chi connectivity index (χ2v) is 7.63. The molecule has 1 aromatic rings. The Morgan fingerprint density at radius 1 is 1.08 bits per heavy atom. The van der Waals surface area contributed by atoms with Crippen molar-refractivity contribution in [1.82, 2.24) is 0 Å². The molecule has 1 aromatic carbocycles. The van der Waals surface area contributed by atoms with Gasteiger partial charge in [0.1, 0.15) is 5.75 Å². The molecule has 1 saturated carbocycles. The molecule has 0 aliphatic heterocycles. The van der Waals surface area contributed by atoms with Crippen molar-refractivity contribution in [3.8, 4) is 5.75 Å². The predicted octanol–water partition coefficient (Wildman–Crippen LogP) is 5.35. The Bertz CT molecular complexity index is 542. The summed E-state index contributed by atoms with van der Waals surface area (Å²) >= 11 is 0. The van der Waals surface area contributed by atoms with Crippen molar-refractivity contribution < 1.29 is 14.6 Å². The zero-order valence-electron chi connectivity index (χ0n) is 16.2. The van der Waals surface area contributed by atoms with Gasteiger partial charge in [-0.3, -0.25) is 4.79 Å². The number of ether oxygens (including phenoxy) is 1. The summed E-state index contributed by atoms with van der Waals surface area (Å²) in [6.45, 7) is 4.34. The Morgan fingerprint density at radius 3 is 2.04 bits per heavy atom. The molecule has 0 saturated heterocycles. The molecule has 2 rings (SSSR count). The lowest BCUT2D eigenvalue weighted by Crippen LogP contribution is -2.31. The Hall–Kier alpha value is -1.51. The number of hydrogen-bond acceptors (Lipinski definition) is 3. The van der Waals surface area contributed by atoms with Gasteiger partial charge >= 0.3 is 5.97 Å². The number of rotatable bonds is 9. The lowest BCUT2D eigenvalue weighted by atomic mass is 9.79. The van der Waals surface area contributed by atoms with Gasteiger partial charge in [-0.2, -0.15) is 0 Å². The largest absolute Gasteiger partial charge is 0.507 e. The molecule has 0 aromatic heterocycles. The van der Waals surface area contributed by atoms with E-state index in [0.717, 1.165) is 81.8 Å². The van der Waals surface area contributed by atoms with Crippen LogP contribution < -0.4 is 0 Å². The van der Waals surface area contributed by atoms with Gasteiger partial charge in [0.2, 0.25) is 0 Å². The first-order valence-corrected chi connectivity index (χ1v) is 9.98. The van der Waals surface area contributed by atoms with Crippen molar-refractivity contribution in [3.05, 3.63) is 28.8 Å². The second-order valence-electron chi connectivity index (χ2n) is 7.63. The number of carbonyl (C=O) groups excluding carboxylic acids is 1. The number of hydrogen-bond donors (Lipinski definition) is 1. The number of aromatic hydroxyl groups is 1. The van der Waals surface area contributed by atoms with E-state index in [1.54, 1.807) is 0 Å². The van der Waals surface area contributed by atoms with Crippen LogP contribution in [0, 0.1) is 5.41 Å². The maximum absolute atomic E-state index is 12.4. The smallest absolute Gasteiger partial charge is 0.312 e. The second kappa shape index (κ2) is 9.26. The quantitative estimate of drug-likeness (QED) is 0.613. The fraction of sp³-hybridized carbons (Fsp3) is 0.682. The molecule has 0 amide bonds. The van der Waals surface area contributed by atoms with E-state index in [4.69, 9.17) is 4.74 Å². The van der Waals surface area contributed by atoms with Gasteiger partial charge in [-0.05, 0) is 61.6 Å². The normalized spacial score (nSPS) is 16.1. The molecular weight excluding hydrogens is 312 g/mol.